The van der Waals surface area contributed by atoms with Crippen LogP contribution in [0.15, 0.2) is 54.1 Å². The van der Waals surface area contributed by atoms with E-state index in [1.54, 1.807) is 0 Å². The molecule has 1 aliphatic heterocycles. The van der Waals surface area contributed by atoms with Crippen LogP contribution < -0.4 is 0 Å². The summed E-state index contributed by atoms with van der Waals surface area (Å²) in [6.07, 6.45) is 7.39. The van der Waals surface area contributed by atoms with Gasteiger partial charge < -0.3 is 4.74 Å². The maximum atomic E-state index is 13.0. The topological polar surface area (TPSA) is 26.3 Å². The lowest BCUT2D eigenvalue weighted by atomic mass is 9.75. The highest BCUT2D eigenvalue weighted by molar-refractivity contribution is 6.04. The van der Waals surface area contributed by atoms with Crippen LogP contribution >= 0.6 is 0 Å². The molecule has 65 heavy (non-hydrogen) atoms. The van der Waals surface area contributed by atoms with E-state index in [0.29, 0.717) is 11.9 Å². The van der Waals surface area contributed by atoms with Crippen LogP contribution in [0.3, 0.4) is 0 Å². The number of hydrogen-bond donors (Lipinski definition) is 0. The summed E-state index contributed by atoms with van der Waals surface area (Å²) in [4.78, 5) is 13.0. The van der Waals surface area contributed by atoms with Crippen molar-refractivity contribution in [2.24, 2.45) is 5.92 Å². The third-order valence-electron chi connectivity index (χ3n) is 14.2. The number of fused-ring (bicyclic) bond motifs is 2. The first-order chi connectivity index (χ1) is 29.5. The van der Waals surface area contributed by atoms with Gasteiger partial charge in [0.2, 0.25) is 0 Å². The summed E-state index contributed by atoms with van der Waals surface area (Å²) >= 11 is 0. The second-order valence-corrected chi connectivity index (χ2v) is 26.5. The number of carbonyl (C=O) groups is 1. The van der Waals surface area contributed by atoms with E-state index in [1.807, 2.05) is 0 Å². The van der Waals surface area contributed by atoms with Gasteiger partial charge >= 0.3 is 0 Å². The first kappa shape index (κ1) is 52.2. The van der Waals surface area contributed by atoms with E-state index < -0.39 is 0 Å². The van der Waals surface area contributed by atoms with Crippen LogP contribution in [0.25, 0.3) is 28.3 Å². The van der Waals surface area contributed by atoms with Gasteiger partial charge in [0.1, 0.15) is 0 Å². The van der Waals surface area contributed by atoms with E-state index in [2.05, 4.69) is 214 Å². The molecule has 0 spiro atoms. The Morgan fingerprint density at radius 2 is 0.908 bits per heavy atom. The van der Waals surface area contributed by atoms with Crippen LogP contribution in [0, 0.1) is 19.8 Å². The fourth-order valence-corrected chi connectivity index (χ4v) is 10.1. The molecule has 7 rings (SSSR count). The Labute approximate surface area is 398 Å². The third-order valence-corrected chi connectivity index (χ3v) is 14.2. The van der Waals surface area contributed by atoms with E-state index >= 15 is 0 Å². The number of carbonyl (C=O) groups excluding carboxylic acids is 1. The average molecular weight is 879 g/mol. The van der Waals surface area contributed by atoms with Gasteiger partial charge in [0, 0.05) is 18.1 Å². The Balaban J connectivity index is 0.000000216. The number of allylic oxidation sites excluding steroid dienone is 1. The maximum Gasteiger partial charge on any atom is 0.166 e. The van der Waals surface area contributed by atoms with E-state index in [9.17, 15) is 4.79 Å². The predicted octanol–water partition coefficient (Wildman–Crippen LogP) is 17.6. The molecule has 2 atom stereocenters. The summed E-state index contributed by atoms with van der Waals surface area (Å²) in [6.45, 7) is 53.5. The average Bonchev–Trinajstić information content (AvgIpc) is 3.86. The van der Waals surface area contributed by atoms with Crippen molar-refractivity contribution in [2.75, 3.05) is 6.61 Å². The van der Waals surface area contributed by atoms with Gasteiger partial charge in [-0.25, -0.2) is 0 Å². The quantitative estimate of drug-likeness (QED) is 0.201. The molecular weight excluding hydrogens is 789 g/mol. The standard InChI is InChI=1S/C29H40O.C29H40.C5H10O/c1-17-12-22-23(26(17)30)16-24(29(9,10)11)18(2)25(22)19-13-20(27(3,4)5)15-21(14-19)28(6,7)8;1-18-12-20-16-25(29(9,10)11)19(2)26(24(20)13-18)21-14-22(27(3,4)5)17-23(15-21)28(6,7)8;1-5-3-2-4-6-5/h13-17H,12H2,1-11H3;12,14-17H,13H2,1-11H3;5H,2-4H2,1H3. The molecule has 0 radical (unpaired) electrons. The lowest BCUT2D eigenvalue weighted by Crippen LogP contribution is -2.18. The van der Waals surface area contributed by atoms with Crippen molar-refractivity contribution in [1.82, 2.24) is 0 Å². The zero-order valence-corrected chi connectivity index (χ0v) is 45.7. The predicted molar refractivity (Wildman–Crippen MR) is 285 cm³/mol. The zero-order chi connectivity index (χ0) is 49.2. The van der Waals surface area contributed by atoms with Gasteiger partial charge in [0.15, 0.2) is 5.78 Å². The van der Waals surface area contributed by atoms with Gasteiger partial charge in [-0.2, -0.15) is 0 Å². The molecule has 4 aromatic rings. The van der Waals surface area contributed by atoms with Crippen LogP contribution in [-0.2, 0) is 50.1 Å². The molecule has 0 saturated carbocycles. The van der Waals surface area contributed by atoms with Crippen molar-refractivity contribution in [1.29, 1.82) is 0 Å². The highest BCUT2D eigenvalue weighted by Crippen LogP contribution is 2.46. The lowest BCUT2D eigenvalue weighted by molar-refractivity contribution is 0.0946. The summed E-state index contributed by atoms with van der Waals surface area (Å²) in [5.41, 5.74) is 23.7. The molecule has 1 heterocycles. The highest BCUT2D eigenvalue weighted by Gasteiger charge is 2.34. The smallest absolute Gasteiger partial charge is 0.166 e. The van der Waals surface area contributed by atoms with E-state index in [4.69, 9.17) is 4.74 Å². The van der Waals surface area contributed by atoms with Crippen molar-refractivity contribution < 1.29 is 9.53 Å². The SMILES string of the molecule is CC1=Cc2cc(C(C)(C)C)c(C)c(-c3cc(C(C)(C)C)cc(C(C)(C)C)c3)c2C1.CC1CCCO1.Cc1c(C(C)(C)C)cc2c(c1-c1cc(C(C)(C)C)cc(C(C)(C)C)c1)CC(C)C2=O. The normalized spacial score (nSPS) is 17.8. The number of Topliss-reactive ketones (excluding diaryl/α,β-unsaturated/α-hetero) is 1. The maximum absolute atomic E-state index is 13.0. The van der Waals surface area contributed by atoms with Crippen molar-refractivity contribution in [2.45, 2.75) is 224 Å². The second kappa shape index (κ2) is 18.4. The van der Waals surface area contributed by atoms with Gasteiger partial charge in [-0.3, -0.25) is 4.79 Å². The van der Waals surface area contributed by atoms with Gasteiger partial charge in [-0.15, -0.1) is 0 Å². The summed E-state index contributed by atoms with van der Waals surface area (Å²) in [5.74, 6) is 0.376. The number of rotatable bonds is 2. The summed E-state index contributed by atoms with van der Waals surface area (Å²) < 4.78 is 5.15. The molecule has 0 N–H and O–H groups in total. The van der Waals surface area contributed by atoms with Crippen LogP contribution in [0.2, 0.25) is 0 Å². The third kappa shape index (κ3) is 11.9. The first-order valence-corrected chi connectivity index (χ1v) is 25.0. The minimum absolute atomic E-state index is 0.00549. The van der Waals surface area contributed by atoms with Crippen molar-refractivity contribution >= 4 is 11.9 Å². The zero-order valence-electron chi connectivity index (χ0n) is 45.7. The Morgan fingerprint density at radius 1 is 0.508 bits per heavy atom. The van der Waals surface area contributed by atoms with Crippen LogP contribution in [0.4, 0.5) is 0 Å². The van der Waals surface area contributed by atoms with Gasteiger partial charge in [0.05, 0.1) is 6.10 Å². The second-order valence-electron chi connectivity index (χ2n) is 26.5. The van der Waals surface area contributed by atoms with E-state index in [-0.39, 0.29) is 38.4 Å². The first-order valence-electron chi connectivity index (χ1n) is 25.0. The lowest BCUT2D eigenvalue weighted by Gasteiger charge is -2.29. The van der Waals surface area contributed by atoms with Gasteiger partial charge in [-0.1, -0.05) is 186 Å². The fraction of sp³-hybridized carbons (Fsp3) is 0.571. The van der Waals surface area contributed by atoms with Gasteiger partial charge in [0.25, 0.3) is 0 Å². The van der Waals surface area contributed by atoms with Crippen LogP contribution in [0.5, 0.6) is 0 Å². The molecule has 2 aliphatic carbocycles. The molecule has 1 fully saturated rings. The Kier molecular flexibility index (Phi) is 14.8. The monoisotopic (exact) mass is 879 g/mol. The molecule has 4 aromatic carbocycles. The molecular formula is C63H90O2. The van der Waals surface area contributed by atoms with Crippen LogP contribution in [0.1, 0.15) is 230 Å². The number of hydrogen-bond acceptors (Lipinski definition) is 2. The molecule has 2 nitrogen and oxygen atoms in total. The number of benzene rings is 4. The summed E-state index contributed by atoms with van der Waals surface area (Å²) in [7, 11) is 0. The molecule has 0 aromatic heterocycles. The Morgan fingerprint density at radius 3 is 1.25 bits per heavy atom. The van der Waals surface area contributed by atoms with Crippen molar-refractivity contribution in [3.05, 3.63) is 121 Å². The van der Waals surface area contributed by atoms with E-state index in [1.165, 1.54) is 102 Å². The number of ether oxygens (including phenoxy) is 1. The molecule has 0 amide bonds. The van der Waals surface area contributed by atoms with Gasteiger partial charge in [-0.05, 0) is 175 Å². The van der Waals surface area contributed by atoms with E-state index in [0.717, 1.165) is 25.0 Å². The Hall–Kier alpha value is -3.75. The minimum Gasteiger partial charge on any atom is -0.379 e. The molecule has 2 unspecified atom stereocenters. The highest BCUT2D eigenvalue weighted by atomic mass is 16.5. The minimum atomic E-state index is -0.00549. The molecule has 1 saturated heterocycles. The summed E-state index contributed by atoms with van der Waals surface area (Å²) in [6, 6.07) is 19.1. The summed E-state index contributed by atoms with van der Waals surface area (Å²) in [5, 5.41) is 0. The van der Waals surface area contributed by atoms with Crippen LogP contribution in [-0.4, -0.2) is 18.5 Å². The largest absolute Gasteiger partial charge is 0.379 e. The molecule has 354 valence electrons. The molecule has 0 bridgehead atoms. The molecule has 2 heteroatoms. The number of ketones is 1. The van der Waals surface area contributed by atoms with Crippen molar-refractivity contribution in [3.8, 4) is 22.3 Å². The fourth-order valence-electron chi connectivity index (χ4n) is 10.1. The molecule has 3 aliphatic rings. The Bertz CT molecular complexity index is 2370. The van der Waals surface area contributed by atoms with Crippen molar-refractivity contribution in [3.63, 3.8) is 0 Å².